The predicted molar refractivity (Wildman–Crippen MR) is 117 cm³/mol. The summed E-state index contributed by atoms with van der Waals surface area (Å²) >= 11 is 3.20. The van der Waals surface area contributed by atoms with Crippen LogP contribution < -0.4 is 10.1 Å². The number of ether oxygens (including phenoxy) is 1. The van der Waals surface area contributed by atoms with Gasteiger partial charge in [0.15, 0.2) is 0 Å². The van der Waals surface area contributed by atoms with E-state index in [9.17, 15) is 4.79 Å². The molecule has 0 saturated carbocycles. The van der Waals surface area contributed by atoms with Gasteiger partial charge >= 0.3 is 0 Å². The lowest BCUT2D eigenvalue weighted by Gasteiger charge is -2.13. The monoisotopic (exact) mass is 410 g/mol. The Bertz CT molecular complexity index is 902. The molecule has 0 aliphatic heterocycles. The van der Waals surface area contributed by atoms with E-state index in [0.717, 1.165) is 32.7 Å². The molecule has 4 nitrogen and oxygen atoms in total. The number of pyridine rings is 1. The summed E-state index contributed by atoms with van der Waals surface area (Å²) in [6, 6.07) is 21.5. The van der Waals surface area contributed by atoms with Crippen molar-refractivity contribution in [1.29, 1.82) is 0 Å². The number of carbonyl (C=O) groups excluding carboxylic acids is 1. The Morgan fingerprint density at radius 3 is 2.64 bits per heavy atom. The van der Waals surface area contributed by atoms with Crippen LogP contribution in [0.1, 0.15) is 12.5 Å². The Kier molecular flexibility index (Phi) is 7.39. The van der Waals surface area contributed by atoms with Crippen LogP contribution in [0.25, 0.3) is 0 Å². The predicted octanol–water partition coefficient (Wildman–Crippen LogP) is 5.50. The quantitative estimate of drug-likeness (QED) is 0.497. The summed E-state index contributed by atoms with van der Waals surface area (Å²) in [5.41, 5.74) is 1.95. The maximum atomic E-state index is 12.6. The highest BCUT2D eigenvalue weighted by Crippen LogP contribution is 2.27. The maximum Gasteiger partial charge on any atom is 0.237 e. The number of nitrogens with one attached hydrogen (secondary N) is 1. The molecular weight excluding hydrogens is 388 g/mol. The molecule has 0 saturated heterocycles. The van der Waals surface area contributed by atoms with Crippen LogP contribution in [0.3, 0.4) is 0 Å². The van der Waals surface area contributed by atoms with Crippen LogP contribution in [-0.4, -0.2) is 23.3 Å². The zero-order valence-electron chi connectivity index (χ0n) is 15.8. The van der Waals surface area contributed by atoms with Gasteiger partial charge in [0, 0.05) is 22.5 Å². The molecule has 0 fully saturated rings. The van der Waals surface area contributed by atoms with Gasteiger partial charge in [0.2, 0.25) is 5.91 Å². The highest BCUT2D eigenvalue weighted by Gasteiger charge is 2.15. The number of anilines is 1. The third-order valence-electron chi connectivity index (χ3n) is 3.96. The molecule has 2 aromatic carbocycles. The van der Waals surface area contributed by atoms with E-state index in [0.29, 0.717) is 0 Å². The van der Waals surface area contributed by atoms with Crippen molar-refractivity contribution in [1.82, 2.24) is 4.98 Å². The summed E-state index contributed by atoms with van der Waals surface area (Å²) in [7, 11) is 1.64. The summed E-state index contributed by atoms with van der Waals surface area (Å²) in [6.45, 7) is 1.91. The van der Waals surface area contributed by atoms with Gasteiger partial charge in [-0.15, -0.1) is 23.5 Å². The van der Waals surface area contributed by atoms with Gasteiger partial charge in [0.25, 0.3) is 0 Å². The van der Waals surface area contributed by atoms with Gasteiger partial charge in [0.05, 0.1) is 17.4 Å². The lowest BCUT2D eigenvalue weighted by Crippen LogP contribution is -2.22. The third kappa shape index (κ3) is 6.04. The number of nitrogens with zero attached hydrogens (tertiary/aromatic N) is 1. The number of thioether (sulfide) groups is 2. The van der Waals surface area contributed by atoms with E-state index in [1.54, 1.807) is 25.1 Å². The van der Waals surface area contributed by atoms with Gasteiger partial charge in [-0.05, 0) is 61.0 Å². The first-order chi connectivity index (χ1) is 13.6. The molecule has 0 aliphatic rings. The molecule has 144 valence electrons. The van der Waals surface area contributed by atoms with Gasteiger partial charge in [0.1, 0.15) is 5.75 Å². The lowest BCUT2D eigenvalue weighted by molar-refractivity contribution is -0.115. The van der Waals surface area contributed by atoms with Crippen LogP contribution >= 0.6 is 23.5 Å². The van der Waals surface area contributed by atoms with Crippen LogP contribution in [0.4, 0.5) is 5.69 Å². The molecule has 0 radical (unpaired) electrons. The second kappa shape index (κ2) is 10.2. The van der Waals surface area contributed by atoms with Crippen molar-refractivity contribution in [3.63, 3.8) is 0 Å². The third-order valence-corrected chi connectivity index (χ3v) is 6.09. The SMILES string of the molecule is COc1ccc(SC(C)C(=O)Nc2cccc(CSc3ccccn3)c2)cc1. The van der Waals surface area contributed by atoms with Crippen LogP contribution in [-0.2, 0) is 10.5 Å². The molecule has 1 N–H and O–H groups in total. The average molecular weight is 411 g/mol. The molecule has 0 aliphatic carbocycles. The second-order valence-corrected chi connectivity index (χ2v) is 8.49. The molecule has 28 heavy (non-hydrogen) atoms. The van der Waals surface area contributed by atoms with E-state index in [2.05, 4.69) is 16.4 Å². The molecule has 3 rings (SSSR count). The van der Waals surface area contributed by atoms with Crippen molar-refractivity contribution >= 4 is 35.1 Å². The number of carbonyl (C=O) groups is 1. The number of benzene rings is 2. The number of amides is 1. The van der Waals surface area contributed by atoms with Crippen LogP contribution in [0, 0.1) is 0 Å². The van der Waals surface area contributed by atoms with Gasteiger partial charge < -0.3 is 10.1 Å². The first-order valence-electron chi connectivity index (χ1n) is 8.88. The summed E-state index contributed by atoms with van der Waals surface area (Å²) in [5.74, 6) is 1.59. The zero-order valence-corrected chi connectivity index (χ0v) is 17.4. The number of hydrogen-bond donors (Lipinski definition) is 1. The summed E-state index contributed by atoms with van der Waals surface area (Å²) < 4.78 is 5.17. The van der Waals surface area contributed by atoms with Crippen molar-refractivity contribution in [3.8, 4) is 5.75 Å². The first kappa shape index (κ1) is 20.3. The van der Waals surface area contributed by atoms with E-state index in [1.165, 1.54) is 11.8 Å². The van der Waals surface area contributed by atoms with E-state index in [4.69, 9.17) is 4.74 Å². The van der Waals surface area contributed by atoms with Crippen molar-refractivity contribution in [2.45, 2.75) is 27.8 Å². The zero-order chi connectivity index (χ0) is 19.8. The van der Waals surface area contributed by atoms with Gasteiger partial charge in [-0.25, -0.2) is 4.98 Å². The van der Waals surface area contributed by atoms with Crippen molar-refractivity contribution < 1.29 is 9.53 Å². The van der Waals surface area contributed by atoms with E-state index in [1.807, 2.05) is 67.6 Å². The molecule has 6 heteroatoms. The number of methoxy groups -OCH3 is 1. The van der Waals surface area contributed by atoms with Crippen LogP contribution in [0.5, 0.6) is 5.75 Å². The van der Waals surface area contributed by atoms with Crippen molar-refractivity contribution in [2.75, 3.05) is 12.4 Å². The topological polar surface area (TPSA) is 51.2 Å². The summed E-state index contributed by atoms with van der Waals surface area (Å²) in [6.07, 6.45) is 1.79. The van der Waals surface area contributed by atoms with Crippen molar-refractivity contribution in [2.24, 2.45) is 0 Å². The lowest BCUT2D eigenvalue weighted by atomic mass is 10.2. The summed E-state index contributed by atoms with van der Waals surface area (Å²) in [5, 5.41) is 3.79. The van der Waals surface area contributed by atoms with Gasteiger partial charge in [-0.2, -0.15) is 0 Å². The molecule has 1 atom stereocenters. The standard InChI is InChI=1S/C22H22N2O2S2/c1-16(28-20-11-9-19(26-2)10-12-20)22(25)24-18-7-5-6-17(14-18)15-27-21-8-3-4-13-23-21/h3-14,16H,15H2,1-2H3,(H,24,25). The smallest absolute Gasteiger partial charge is 0.237 e. The summed E-state index contributed by atoms with van der Waals surface area (Å²) in [4.78, 5) is 17.9. The van der Waals surface area contributed by atoms with E-state index in [-0.39, 0.29) is 11.2 Å². The highest BCUT2D eigenvalue weighted by molar-refractivity contribution is 8.00. The Labute approximate surface area is 174 Å². The van der Waals surface area contributed by atoms with Crippen molar-refractivity contribution in [3.05, 3.63) is 78.5 Å². The second-order valence-electron chi connectivity index (χ2n) is 6.08. The molecule has 3 aromatic rings. The van der Waals surface area contributed by atoms with E-state index >= 15 is 0 Å². The van der Waals surface area contributed by atoms with Crippen LogP contribution in [0.15, 0.2) is 82.8 Å². The minimum absolute atomic E-state index is 0.0182. The first-order valence-corrected chi connectivity index (χ1v) is 10.7. The van der Waals surface area contributed by atoms with Crippen LogP contribution in [0.2, 0.25) is 0 Å². The fraction of sp³-hybridized carbons (Fsp3) is 0.182. The highest BCUT2D eigenvalue weighted by atomic mass is 32.2. The van der Waals surface area contributed by atoms with Gasteiger partial charge in [-0.3, -0.25) is 4.79 Å². The normalized spacial score (nSPS) is 11.6. The van der Waals surface area contributed by atoms with Gasteiger partial charge in [-0.1, -0.05) is 18.2 Å². The number of hydrogen-bond acceptors (Lipinski definition) is 5. The maximum absolute atomic E-state index is 12.6. The van der Waals surface area contributed by atoms with E-state index < -0.39 is 0 Å². The molecule has 1 heterocycles. The largest absolute Gasteiger partial charge is 0.497 e. The Balaban J connectivity index is 1.55. The molecule has 0 spiro atoms. The fourth-order valence-corrected chi connectivity index (χ4v) is 4.16. The minimum atomic E-state index is -0.208. The molecule has 1 unspecified atom stereocenters. The number of aromatic nitrogens is 1. The average Bonchev–Trinajstić information content (AvgIpc) is 2.74. The molecule has 0 bridgehead atoms. The number of rotatable bonds is 8. The Hall–Kier alpha value is -2.44. The Morgan fingerprint density at radius 2 is 1.93 bits per heavy atom. The molecule has 1 amide bonds. The fourth-order valence-electron chi connectivity index (χ4n) is 2.48. The minimum Gasteiger partial charge on any atom is -0.497 e. The Morgan fingerprint density at radius 1 is 1.11 bits per heavy atom. The molecular formula is C22H22N2O2S2. The molecule has 1 aromatic heterocycles.